The van der Waals surface area contributed by atoms with Crippen LogP contribution in [0.2, 0.25) is 0 Å². The highest BCUT2D eigenvalue weighted by Crippen LogP contribution is 2.20. The first kappa shape index (κ1) is 16.7. The van der Waals surface area contributed by atoms with Crippen LogP contribution in [0.25, 0.3) is 11.0 Å². The number of aryl methyl sites for hydroxylation is 1. The third kappa shape index (κ3) is 3.56. The van der Waals surface area contributed by atoms with E-state index in [-0.39, 0.29) is 24.1 Å². The van der Waals surface area contributed by atoms with Crippen LogP contribution in [-0.2, 0) is 11.8 Å². The molecule has 1 aliphatic rings. The highest BCUT2D eigenvalue weighted by molar-refractivity contribution is 5.91. The lowest BCUT2D eigenvalue weighted by atomic mass is 10.0. The molecule has 0 radical (unpaired) electrons. The van der Waals surface area contributed by atoms with Gasteiger partial charge in [0.05, 0.1) is 11.0 Å². The van der Waals surface area contributed by atoms with Crippen molar-refractivity contribution in [3.05, 3.63) is 24.0 Å². The predicted octanol–water partition coefficient (Wildman–Crippen LogP) is 2.46. The molecule has 0 saturated carbocycles. The molecule has 2 N–H and O–H groups in total. The van der Waals surface area contributed by atoms with Crippen molar-refractivity contribution in [2.75, 3.05) is 18.4 Å². The van der Waals surface area contributed by atoms with Crippen molar-refractivity contribution in [1.29, 1.82) is 0 Å². The molecule has 2 aromatic rings. The fraction of sp³-hybridized carbons (Fsp3) is 0.467. The van der Waals surface area contributed by atoms with Gasteiger partial charge in [-0.15, -0.1) is 12.4 Å². The van der Waals surface area contributed by atoms with Gasteiger partial charge in [-0.2, -0.15) is 0 Å². The number of carbonyl (C=O) groups is 1. The van der Waals surface area contributed by atoms with Crippen molar-refractivity contribution < 1.29 is 9.18 Å². The Morgan fingerprint density at radius 2 is 2.36 bits per heavy atom. The maximum absolute atomic E-state index is 13.2. The smallest absolute Gasteiger partial charge is 0.226 e. The van der Waals surface area contributed by atoms with Crippen LogP contribution in [0.4, 0.5) is 10.3 Å². The average Bonchev–Trinajstić information content (AvgIpc) is 3.06. The number of hydrogen-bond donors (Lipinski definition) is 2. The number of nitrogens with zero attached hydrogens (tertiary/aromatic N) is 2. The third-order valence-electron chi connectivity index (χ3n) is 4.04. The fourth-order valence-corrected chi connectivity index (χ4v) is 2.77. The molecule has 1 aromatic heterocycles. The van der Waals surface area contributed by atoms with E-state index in [1.165, 1.54) is 12.1 Å². The van der Waals surface area contributed by atoms with Crippen molar-refractivity contribution in [3.63, 3.8) is 0 Å². The zero-order valence-electron chi connectivity index (χ0n) is 12.4. The Bertz CT molecular complexity index is 667. The number of benzene rings is 1. The Kier molecular flexibility index (Phi) is 5.37. The fourth-order valence-electron chi connectivity index (χ4n) is 2.77. The molecular formula is C15H20ClFN4O. The molecule has 7 heteroatoms. The number of anilines is 1. The number of halogens is 2. The highest BCUT2D eigenvalue weighted by atomic mass is 35.5. The first-order valence-electron chi connectivity index (χ1n) is 7.26. The van der Waals surface area contributed by atoms with Crippen LogP contribution in [0.1, 0.15) is 19.3 Å². The van der Waals surface area contributed by atoms with Gasteiger partial charge in [-0.1, -0.05) is 0 Å². The minimum atomic E-state index is -0.327. The van der Waals surface area contributed by atoms with E-state index in [1.807, 2.05) is 7.05 Å². The molecule has 1 aliphatic heterocycles. The summed E-state index contributed by atoms with van der Waals surface area (Å²) in [4.78, 5) is 16.3. The molecule has 1 amide bonds. The summed E-state index contributed by atoms with van der Waals surface area (Å²) in [5, 5.41) is 6.11. The van der Waals surface area contributed by atoms with Crippen LogP contribution in [0.3, 0.4) is 0 Å². The van der Waals surface area contributed by atoms with Gasteiger partial charge in [-0.25, -0.2) is 9.37 Å². The summed E-state index contributed by atoms with van der Waals surface area (Å²) in [6, 6.07) is 4.43. The summed E-state index contributed by atoms with van der Waals surface area (Å²) in [7, 11) is 1.81. The molecule has 1 unspecified atom stereocenters. The van der Waals surface area contributed by atoms with Crippen molar-refractivity contribution in [1.82, 2.24) is 14.9 Å². The minimum absolute atomic E-state index is 0. The normalized spacial score (nSPS) is 17.5. The second-order valence-corrected chi connectivity index (χ2v) is 5.57. The molecule has 22 heavy (non-hydrogen) atoms. The molecule has 120 valence electrons. The molecule has 2 heterocycles. The minimum Gasteiger partial charge on any atom is -0.316 e. The topological polar surface area (TPSA) is 59.0 Å². The third-order valence-corrected chi connectivity index (χ3v) is 4.04. The van der Waals surface area contributed by atoms with E-state index in [9.17, 15) is 9.18 Å². The van der Waals surface area contributed by atoms with Gasteiger partial charge in [0.1, 0.15) is 5.82 Å². The van der Waals surface area contributed by atoms with Gasteiger partial charge in [0.2, 0.25) is 11.9 Å². The summed E-state index contributed by atoms with van der Waals surface area (Å²) in [5.74, 6) is 0.684. The van der Waals surface area contributed by atoms with E-state index in [0.29, 0.717) is 23.8 Å². The number of carbonyl (C=O) groups excluding carboxylic acids is 1. The number of amides is 1. The molecule has 3 rings (SSSR count). The Morgan fingerprint density at radius 3 is 3.09 bits per heavy atom. The largest absolute Gasteiger partial charge is 0.316 e. The van der Waals surface area contributed by atoms with Crippen LogP contribution >= 0.6 is 12.4 Å². The highest BCUT2D eigenvalue weighted by Gasteiger charge is 2.17. The van der Waals surface area contributed by atoms with Gasteiger partial charge in [0, 0.05) is 19.5 Å². The number of imidazole rings is 1. The first-order valence-corrected chi connectivity index (χ1v) is 7.26. The van der Waals surface area contributed by atoms with Crippen LogP contribution in [0.5, 0.6) is 0 Å². The summed E-state index contributed by atoms with van der Waals surface area (Å²) in [6.45, 7) is 2.04. The maximum atomic E-state index is 13.2. The molecule has 1 fully saturated rings. The van der Waals surface area contributed by atoms with Crippen molar-refractivity contribution in [3.8, 4) is 0 Å². The Morgan fingerprint density at radius 1 is 1.55 bits per heavy atom. The molecule has 1 aromatic carbocycles. The maximum Gasteiger partial charge on any atom is 0.226 e. The Hall–Kier alpha value is -1.66. The van der Waals surface area contributed by atoms with E-state index in [0.717, 1.165) is 31.4 Å². The van der Waals surface area contributed by atoms with Crippen molar-refractivity contribution in [2.45, 2.75) is 19.3 Å². The molecule has 0 bridgehead atoms. The van der Waals surface area contributed by atoms with Crippen molar-refractivity contribution >= 4 is 35.3 Å². The lowest BCUT2D eigenvalue weighted by molar-refractivity contribution is -0.116. The summed E-state index contributed by atoms with van der Waals surface area (Å²) >= 11 is 0. The second-order valence-electron chi connectivity index (χ2n) is 5.57. The van der Waals surface area contributed by atoms with E-state index >= 15 is 0 Å². The number of rotatable bonds is 4. The first-order chi connectivity index (χ1) is 10.1. The number of hydrogen-bond acceptors (Lipinski definition) is 3. The van der Waals surface area contributed by atoms with E-state index < -0.39 is 0 Å². The molecule has 1 atom stereocenters. The van der Waals surface area contributed by atoms with Gasteiger partial charge < -0.3 is 9.88 Å². The van der Waals surface area contributed by atoms with Gasteiger partial charge in [0.15, 0.2) is 0 Å². The standard InChI is InChI=1S/C15H19FN4O.ClH/c1-20-13-4-3-11(16)8-12(13)18-15(20)19-14(21)5-2-10-6-7-17-9-10;/h3-4,8,10,17H,2,5-7,9H2,1H3,(H,18,19,21);1H. The van der Waals surface area contributed by atoms with E-state index in [4.69, 9.17) is 0 Å². The van der Waals surface area contributed by atoms with Gasteiger partial charge >= 0.3 is 0 Å². The Balaban J connectivity index is 0.00000176. The van der Waals surface area contributed by atoms with Crippen LogP contribution < -0.4 is 10.6 Å². The molecule has 0 spiro atoms. The second kappa shape index (κ2) is 7.07. The van der Waals surface area contributed by atoms with Crippen LogP contribution in [-0.4, -0.2) is 28.5 Å². The average molecular weight is 327 g/mol. The number of aromatic nitrogens is 2. The Labute approximate surface area is 134 Å². The van der Waals surface area contributed by atoms with Gasteiger partial charge in [-0.05, 0) is 44.0 Å². The number of nitrogens with one attached hydrogen (secondary N) is 2. The number of fused-ring (bicyclic) bond motifs is 1. The zero-order chi connectivity index (χ0) is 14.8. The van der Waals surface area contributed by atoms with Crippen LogP contribution in [0.15, 0.2) is 18.2 Å². The zero-order valence-corrected chi connectivity index (χ0v) is 13.3. The molecule has 1 saturated heterocycles. The molecular weight excluding hydrogens is 307 g/mol. The molecule has 5 nitrogen and oxygen atoms in total. The predicted molar refractivity (Wildman–Crippen MR) is 86.8 cm³/mol. The van der Waals surface area contributed by atoms with Crippen LogP contribution in [0, 0.1) is 11.7 Å². The lowest BCUT2D eigenvalue weighted by Crippen LogP contribution is -2.17. The van der Waals surface area contributed by atoms with E-state index in [2.05, 4.69) is 15.6 Å². The van der Waals surface area contributed by atoms with E-state index in [1.54, 1.807) is 10.6 Å². The van der Waals surface area contributed by atoms with Gasteiger partial charge in [-0.3, -0.25) is 10.1 Å². The monoisotopic (exact) mass is 326 g/mol. The SMILES string of the molecule is Cl.Cn1c(NC(=O)CCC2CCNC2)nc2cc(F)ccc21. The summed E-state index contributed by atoms with van der Waals surface area (Å²) in [6.07, 6.45) is 2.51. The summed E-state index contributed by atoms with van der Waals surface area (Å²) < 4.78 is 15.0. The lowest BCUT2D eigenvalue weighted by Gasteiger charge is -2.08. The molecule has 0 aliphatic carbocycles. The van der Waals surface area contributed by atoms with Gasteiger partial charge in [0.25, 0.3) is 0 Å². The van der Waals surface area contributed by atoms with Crippen molar-refractivity contribution in [2.24, 2.45) is 13.0 Å². The summed E-state index contributed by atoms with van der Waals surface area (Å²) in [5.41, 5.74) is 1.35. The quantitative estimate of drug-likeness (QED) is 0.907.